The largest absolute Gasteiger partial charge is 0.433 e. The van der Waals surface area contributed by atoms with E-state index in [9.17, 15) is 18.3 Å². The summed E-state index contributed by atoms with van der Waals surface area (Å²) in [5, 5.41) is 10.3. The summed E-state index contributed by atoms with van der Waals surface area (Å²) < 4.78 is 39.0. The molecule has 0 radical (unpaired) electrons. The quantitative estimate of drug-likeness (QED) is 0.904. The Labute approximate surface area is 133 Å². The average molecular weight is 329 g/mol. The van der Waals surface area contributed by atoms with E-state index in [1.807, 2.05) is 4.90 Å². The predicted molar refractivity (Wildman–Crippen MR) is 80.1 cm³/mol. The normalized spacial score (nSPS) is 29.1. The Balaban J connectivity index is 1.89. The van der Waals surface area contributed by atoms with Gasteiger partial charge in [-0.1, -0.05) is 12.8 Å². The topological polar surface area (TPSA) is 49.2 Å². The van der Waals surface area contributed by atoms with Gasteiger partial charge in [-0.3, -0.25) is 0 Å². The highest BCUT2D eigenvalue weighted by atomic mass is 19.4. The molecular formula is C16H22F3N3O. The van der Waals surface area contributed by atoms with Gasteiger partial charge in [-0.05, 0) is 38.7 Å². The molecule has 1 N–H and O–H groups in total. The SMILES string of the molecule is Cc1cc(C(F)(F)F)nc(N2CCC[C@@H]2[C@@H]2CCCC[C@H]2O)n1. The number of halogens is 3. The summed E-state index contributed by atoms with van der Waals surface area (Å²) in [6, 6.07) is 1.01. The van der Waals surface area contributed by atoms with Gasteiger partial charge in [-0.2, -0.15) is 13.2 Å². The first-order valence-electron chi connectivity index (χ1n) is 8.24. The Bertz CT molecular complexity index is 564. The molecule has 3 atom stereocenters. The molecule has 1 aromatic heterocycles. The molecule has 0 unspecified atom stereocenters. The molecule has 2 aliphatic rings. The molecule has 0 amide bonds. The molecular weight excluding hydrogens is 307 g/mol. The Hall–Kier alpha value is -1.37. The first-order chi connectivity index (χ1) is 10.9. The molecule has 1 aliphatic heterocycles. The molecule has 23 heavy (non-hydrogen) atoms. The molecule has 0 spiro atoms. The summed E-state index contributed by atoms with van der Waals surface area (Å²) in [5.41, 5.74) is -0.577. The highest BCUT2D eigenvalue weighted by Crippen LogP contribution is 2.37. The zero-order valence-corrected chi connectivity index (χ0v) is 13.2. The zero-order valence-electron chi connectivity index (χ0n) is 13.2. The van der Waals surface area contributed by atoms with Crippen molar-refractivity contribution in [2.24, 2.45) is 5.92 Å². The maximum absolute atomic E-state index is 13.0. The lowest BCUT2D eigenvalue weighted by Gasteiger charge is -2.37. The molecule has 4 nitrogen and oxygen atoms in total. The minimum atomic E-state index is -4.47. The number of aliphatic hydroxyl groups excluding tert-OH is 1. The van der Waals surface area contributed by atoms with Gasteiger partial charge in [-0.15, -0.1) is 0 Å². The van der Waals surface area contributed by atoms with Crippen LogP contribution in [0.4, 0.5) is 19.1 Å². The predicted octanol–water partition coefficient (Wildman–Crippen LogP) is 3.32. The van der Waals surface area contributed by atoms with Crippen molar-refractivity contribution in [3.8, 4) is 0 Å². The van der Waals surface area contributed by atoms with Crippen LogP contribution in [0.15, 0.2) is 6.07 Å². The van der Waals surface area contributed by atoms with E-state index < -0.39 is 11.9 Å². The maximum Gasteiger partial charge on any atom is 0.433 e. The molecule has 1 saturated heterocycles. The van der Waals surface area contributed by atoms with Gasteiger partial charge in [0.1, 0.15) is 5.69 Å². The van der Waals surface area contributed by atoms with Crippen molar-refractivity contribution in [3.05, 3.63) is 17.5 Å². The number of nitrogens with zero attached hydrogens (tertiary/aromatic N) is 3. The van der Waals surface area contributed by atoms with E-state index in [1.54, 1.807) is 6.92 Å². The third kappa shape index (κ3) is 3.44. The summed E-state index contributed by atoms with van der Waals surface area (Å²) >= 11 is 0. The van der Waals surface area contributed by atoms with Crippen LogP contribution in [-0.4, -0.2) is 33.8 Å². The van der Waals surface area contributed by atoms with Crippen LogP contribution >= 0.6 is 0 Å². The second-order valence-corrected chi connectivity index (χ2v) is 6.61. The van der Waals surface area contributed by atoms with Gasteiger partial charge < -0.3 is 10.0 Å². The first-order valence-corrected chi connectivity index (χ1v) is 8.24. The van der Waals surface area contributed by atoms with E-state index in [4.69, 9.17) is 0 Å². The molecule has 1 aromatic rings. The molecule has 2 heterocycles. The van der Waals surface area contributed by atoms with E-state index >= 15 is 0 Å². The van der Waals surface area contributed by atoms with Crippen LogP contribution in [0, 0.1) is 12.8 Å². The third-order valence-corrected chi connectivity index (χ3v) is 4.96. The number of alkyl halides is 3. The van der Waals surface area contributed by atoms with Crippen LogP contribution in [0.2, 0.25) is 0 Å². The number of aromatic nitrogens is 2. The second kappa shape index (κ2) is 6.26. The van der Waals surface area contributed by atoms with Crippen LogP contribution < -0.4 is 4.90 Å². The Morgan fingerprint density at radius 2 is 1.87 bits per heavy atom. The second-order valence-electron chi connectivity index (χ2n) is 6.61. The van der Waals surface area contributed by atoms with Crippen LogP contribution in [0.3, 0.4) is 0 Å². The molecule has 3 rings (SSSR count). The van der Waals surface area contributed by atoms with E-state index in [1.165, 1.54) is 0 Å². The van der Waals surface area contributed by atoms with E-state index in [0.717, 1.165) is 44.6 Å². The van der Waals surface area contributed by atoms with Gasteiger partial charge in [0.05, 0.1) is 6.10 Å². The summed E-state index contributed by atoms with van der Waals surface area (Å²) in [5.74, 6) is 0.252. The molecule has 1 saturated carbocycles. The minimum Gasteiger partial charge on any atom is -0.393 e. The molecule has 1 aliphatic carbocycles. The summed E-state index contributed by atoms with van der Waals surface area (Å²) in [6.07, 6.45) is 0.700. The highest BCUT2D eigenvalue weighted by molar-refractivity contribution is 5.36. The maximum atomic E-state index is 13.0. The van der Waals surface area contributed by atoms with Crippen molar-refractivity contribution in [1.29, 1.82) is 0 Å². The van der Waals surface area contributed by atoms with E-state index in [0.29, 0.717) is 12.2 Å². The van der Waals surface area contributed by atoms with Crippen molar-refractivity contribution in [3.63, 3.8) is 0 Å². The molecule has 7 heteroatoms. The van der Waals surface area contributed by atoms with Crippen LogP contribution in [0.25, 0.3) is 0 Å². The van der Waals surface area contributed by atoms with Crippen molar-refractivity contribution in [2.45, 2.75) is 63.8 Å². The van der Waals surface area contributed by atoms with Crippen molar-refractivity contribution < 1.29 is 18.3 Å². The summed E-state index contributed by atoms with van der Waals surface area (Å²) in [7, 11) is 0. The molecule has 0 aromatic carbocycles. The van der Waals surface area contributed by atoms with Gasteiger partial charge in [-0.25, -0.2) is 9.97 Å². The third-order valence-electron chi connectivity index (χ3n) is 4.96. The smallest absolute Gasteiger partial charge is 0.393 e. The van der Waals surface area contributed by atoms with Gasteiger partial charge in [0.25, 0.3) is 0 Å². The van der Waals surface area contributed by atoms with Crippen molar-refractivity contribution in [1.82, 2.24) is 9.97 Å². The standard InChI is InChI=1S/C16H22F3N3O/c1-10-9-14(16(17,18)19)21-15(20-10)22-8-4-6-12(22)11-5-2-3-7-13(11)23/h9,11-13,23H,2-8H2,1H3/t11-,12+,13+/m0/s1. The number of aryl methyl sites for hydroxylation is 1. The fourth-order valence-electron chi connectivity index (χ4n) is 3.90. The molecule has 2 fully saturated rings. The molecule has 128 valence electrons. The van der Waals surface area contributed by atoms with Gasteiger partial charge in [0.15, 0.2) is 0 Å². The first kappa shape index (κ1) is 16.5. The van der Waals surface area contributed by atoms with Gasteiger partial charge in [0, 0.05) is 24.2 Å². The van der Waals surface area contributed by atoms with Crippen LogP contribution in [0.5, 0.6) is 0 Å². The number of anilines is 1. The summed E-state index contributed by atoms with van der Waals surface area (Å²) in [6.45, 7) is 2.20. The fourth-order valence-corrected chi connectivity index (χ4v) is 3.90. The number of hydrogen-bond acceptors (Lipinski definition) is 4. The monoisotopic (exact) mass is 329 g/mol. The average Bonchev–Trinajstić information content (AvgIpc) is 2.95. The Morgan fingerprint density at radius 1 is 1.13 bits per heavy atom. The van der Waals surface area contributed by atoms with Crippen LogP contribution in [0.1, 0.15) is 49.9 Å². The zero-order chi connectivity index (χ0) is 16.6. The van der Waals surface area contributed by atoms with E-state index in [-0.39, 0.29) is 24.0 Å². The molecule has 0 bridgehead atoms. The fraction of sp³-hybridized carbons (Fsp3) is 0.750. The van der Waals surface area contributed by atoms with Gasteiger partial charge in [0.2, 0.25) is 5.95 Å². The number of aliphatic hydroxyl groups is 1. The summed E-state index contributed by atoms with van der Waals surface area (Å²) in [4.78, 5) is 9.87. The number of hydrogen-bond donors (Lipinski definition) is 1. The Morgan fingerprint density at radius 3 is 2.57 bits per heavy atom. The number of rotatable bonds is 2. The van der Waals surface area contributed by atoms with Crippen LogP contribution in [-0.2, 0) is 6.18 Å². The van der Waals surface area contributed by atoms with Crippen molar-refractivity contribution >= 4 is 5.95 Å². The lowest BCUT2D eigenvalue weighted by atomic mass is 9.80. The van der Waals surface area contributed by atoms with E-state index in [2.05, 4.69) is 9.97 Å². The lowest BCUT2D eigenvalue weighted by molar-refractivity contribution is -0.141. The minimum absolute atomic E-state index is 0.0354. The van der Waals surface area contributed by atoms with Gasteiger partial charge >= 0.3 is 6.18 Å². The highest BCUT2D eigenvalue weighted by Gasteiger charge is 2.39. The lowest BCUT2D eigenvalue weighted by Crippen LogP contribution is -2.43. The van der Waals surface area contributed by atoms with Crippen molar-refractivity contribution in [2.75, 3.05) is 11.4 Å². The Kier molecular flexibility index (Phi) is 4.49.